The number of carbonyl (C=O) groups excluding carboxylic acids is 2. The van der Waals surface area contributed by atoms with Crippen LogP contribution in [-0.4, -0.2) is 65.1 Å². The van der Waals surface area contributed by atoms with Gasteiger partial charge in [0.2, 0.25) is 10.0 Å². The van der Waals surface area contributed by atoms with E-state index in [1.807, 2.05) is 24.3 Å². The predicted molar refractivity (Wildman–Crippen MR) is 112 cm³/mol. The molecule has 1 amide bonds. The molecule has 0 bridgehead atoms. The number of piperazine rings is 1. The number of nitrogens with two attached hydrogens (primary N) is 1. The van der Waals surface area contributed by atoms with Crippen LogP contribution in [0.3, 0.4) is 0 Å². The van der Waals surface area contributed by atoms with Crippen LogP contribution >= 0.6 is 0 Å². The summed E-state index contributed by atoms with van der Waals surface area (Å²) in [6, 6.07) is 7.66. The fourth-order valence-corrected chi connectivity index (χ4v) is 4.49. The van der Waals surface area contributed by atoms with E-state index < -0.39 is 27.5 Å². The number of nitrogens with zero attached hydrogens (tertiary/aromatic N) is 2. The van der Waals surface area contributed by atoms with Gasteiger partial charge >= 0.3 is 5.97 Å². The van der Waals surface area contributed by atoms with Crippen molar-refractivity contribution >= 4 is 27.6 Å². The van der Waals surface area contributed by atoms with Gasteiger partial charge in [-0.3, -0.25) is 4.79 Å². The number of hydrogen-bond donors (Lipinski definition) is 1. The van der Waals surface area contributed by atoms with Crippen molar-refractivity contribution in [1.82, 2.24) is 4.90 Å². The second kappa shape index (κ2) is 8.98. The van der Waals surface area contributed by atoms with Crippen LogP contribution in [0.5, 0.6) is 5.75 Å². The summed E-state index contributed by atoms with van der Waals surface area (Å²) >= 11 is 0. The lowest BCUT2D eigenvalue weighted by Gasteiger charge is -2.36. The van der Waals surface area contributed by atoms with Crippen molar-refractivity contribution in [3.63, 3.8) is 0 Å². The van der Waals surface area contributed by atoms with Gasteiger partial charge in [-0.2, -0.15) is 0 Å². The van der Waals surface area contributed by atoms with Gasteiger partial charge < -0.3 is 23.7 Å². The van der Waals surface area contributed by atoms with Gasteiger partial charge in [-0.1, -0.05) is 0 Å². The smallest absolute Gasteiger partial charge is 0.343 e. The zero-order chi connectivity index (χ0) is 22.8. The first-order valence-electron chi connectivity index (χ1n) is 9.58. The summed E-state index contributed by atoms with van der Waals surface area (Å²) in [7, 11) is -2.58. The molecule has 0 saturated carbocycles. The zero-order valence-corrected chi connectivity index (χ0v) is 18.4. The average Bonchev–Trinajstić information content (AvgIpc) is 3.06. The standard InChI is InChI=1S/C20H25N3O7S/c1-13-18(19(14(2)30-13)31(21,26)27)20(25)29-12-17(24)23-10-8-22(9-11-23)15-4-6-16(28-3)7-5-15/h4-7H,8-12H2,1-3H3,(H2,21,26,27). The summed E-state index contributed by atoms with van der Waals surface area (Å²) in [5.74, 6) is -0.505. The lowest BCUT2D eigenvalue weighted by Crippen LogP contribution is -2.49. The van der Waals surface area contributed by atoms with E-state index in [0.717, 1.165) is 11.4 Å². The molecule has 1 aliphatic heterocycles. The Hall–Kier alpha value is -3.05. The van der Waals surface area contributed by atoms with Crippen LogP contribution in [0.4, 0.5) is 5.69 Å². The molecule has 0 radical (unpaired) electrons. The van der Waals surface area contributed by atoms with Gasteiger partial charge in [-0.15, -0.1) is 0 Å². The largest absolute Gasteiger partial charge is 0.497 e. The van der Waals surface area contributed by atoms with Crippen molar-refractivity contribution in [2.75, 3.05) is 44.8 Å². The first-order chi connectivity index (χ1) is 14.6. The first-order valence-corrected chi connectivity index (χ1v) is 11.1. The van der Waals surface area contributed by atoms with Gasteiger partial charge in [0.25, 0.3) is 5.91 Å². The monoisotopic (exact) mass is 451 g/mol. The first kappa shape index (κ1) is 22.6. The van der Waals surface area contributed by atoms with Crippen molar-refractivity contribution in [2.24, 2.45) is 5.14 Å². The minimum Gasteiger partial charge on any atom is -0.497 e. The Balaban J connectivity index is 1.57. The van der Waals surface area contributed by atoms with Crippen molar-refractivity contribution < 1.29 is 31.9 Å². The summed E-state index contributed by atoms with van der Waals surface area (Å²) in [6.45, 7) is 4.50. The van der Waals surface area contributed by atoms with Gasteiger partial charge in [0.05, 0.1) is 7.11 Å². The number of esters is 1. The third-order valence-corrected chi connectivity index (χ3v) is 6.15. The van der Waals surface area contributed by atoms with Crippen LogP contribution < -0.4 is 14.8 Å². The van der Waals surface area contributed by atoms with Gasteiger partial charge in [-0.25, -0.2) is 18.4 Å². The maximum absolute atomic E-state index is 12.5. The molecule has 2 aromatic rings. The Morgan fingerprint density at radius 1 is 1.06 bits per heavy atom. The van der Waals surface area contributed by atoms with Crippen molar-refractivity contribution in [2.45, 2.75) is 18.7 Å². The molecule has 1 aromatic heterocycles. The molecule has 168 valence electrons. The Bertz CT molecular complexity index is 1070. The summed E-state index contributed by atoms with van der Waals surface area (Å²) in [5.41, 5.74) is 0.748. The Morgan fingerprint density at radius 3 is 2.23 bits per heavy atom. The normalized spacial score (nSPS) is 14.5. The number of rotatable bonds is 6. The van der Waals surface area contributed by atoms with Crippen LogP contribution in [0, 0.1) is 13.8 Å². The summed E-state index contributed by atoms with van der Waals surface area (Å²) in [4.78, 5) is 28.2. The number of furan rings is 1. The second-order valence-corrected chi connectivity index (χ2v) is 8.60. The molecule has 10 nitrogen and oxygen atoms in total. The van der Waals surface area contributed by atoms with Crippen LogP contribution in [0.1, 0.15) is 21.9 Å². The highest BCUT2D eigenvalue weighted by atomic mass is 32.2. The number of hydrogen-bond acceptors (Lipinski definition) is 8. The molecule has 0 aliphatic carbocycles. The average molecular weight is 452 g/mol. The summed E-state index contributed by atoms with van der Waals surface area (Å²) < 4.78 is 39.0. The highest BCUT2D eigenvalue weighted by Gasteiger charge is 2.30. The van der Waals surface area contributed by atoms with E-state index in [-0.39, 0.29) is 23.0 Å². The van der Waals surface area contributed by atoms with E-state index in [4.69, 9.17) is 19.0 Å². The van der Waals surface area contributed by atoms with E-state index >= 15 is 0 Å². The number of methoxy groups -OCH3 is 1. The van der Waals surface area contributed by atoms with Crippen molar-refractivity contribution in [3.05, 3.63) is 41.3 Å². The maximum Gasteiger partial charge on any atom is 0.343 e. The van der Waals surface area contributed by atoms with Crippen LogP contribution in [-0.2, 0) is 19.6 Å². The van der Waals surface area contributed by atoms with Crippen molar-refractivity contribution in [3.8, 4) is 5.75 Å². The van der Waals surface area contributed by atoms with Gasteiger partial charge in [-0.05, 0) is 38.1 Å². The van der Waals surface area contributed by atoms with Crippen LogP contribution in [0.25, 0.3) is 0 Å². The second-order valence-electron chi connectivity index (χ2n) is 7.11. The molecular formula is C20H25N3O7S. The minimum absolute atomic E-state index is 0.00655. The number of primary sulfonamides is 1. The number of aryl methyl sites for hydroxylation is 2. The van der Waals surface area contributed by atoms with Crippen molar-refractivity contribution in [1.29, 1.82) is 0 Å². The number of sulfonamides is 1. The molecule has 2 heterocycles. The van der Waals surface area contributed by atoms with E-state index in [0.29, 0.717) is 26.2 Å². The van der Waals surface area contributed by atoms with Gasteiger partial charge in [0, 0.05) is 31.9 Å². The molecule has 2 N–H and O–H groups in total. The number of ether oxygens (including phenoxy) is 2. The number of anilines is 1. The molecule has 1 fully saturated rings. The summed E-state index contributed by atoms with van der Waals surface area (Å²) in [5, 5.41) is 5.18. The van der Waals surface area contributed by atoms with E-state index in [2.05, 4.69) is 4.90 Å². The van der Waals surface area contributed by atoms with Gasteiger partial charge in [0.1, 0.15) is 27.7 Å². The quantitative estimate of drug-likeness (QED) is 0.645. The fourth-order valence-electron chi connectivity index (χ4n) is 3.54. The molecule has 1 aromatic carbocycles. The Morgan fingerprint density at radius 2 is 1.68 bits per heavy atom. The Kier molecular flexibility index (Phi) is 6.56. The van der Waals surface area contributed by atoms with E-state index in [9.17, 15) is 18.0 Å². The Labute approximate surface area is 180 Å². The number of benzene rings is 1. The van der Waals surface area contributed by atoms with Crippen LogP contribution in [0.15, 0.2) is 33.6 Å². The molecule has 0 spiro atoms. The van der Waals surface area contributed by atoms with E-state index in [1.165, 1.54) is 13.8 Å². The zero-order valence-electron chi connectivity index (χ0n) is 17.6. The third kappa shape index (κ3) is 5.00. The predicted octanol–water partition coefficient (Wildman–Crippen LogP) is 1.06. The highest BCUT2D eigenvalue weighted by Crippen LogP contribution is 2.26. The molecule has 0 atom stereocenters. The highest BCUT2D eigenvalue weighted by molar-refractivity contribution is 7.89. The lowest BCUT2D eigenvalue weighted by molar-refractivity contribution is -0.134. The summed E-state index contributed by atoms with van der Waals surface area (Å²) in [6.07, 6.45) is 0. The minimum atomic E-state index is -4.19. The fraction of sp³-hybridized carbons (Fsp3) is 0.400. The molecular weight excluding hydrogens is 426 g/mol. The van der Waals surface area contributed by atoms with Crippen LogP contribution in [0.2, 0.25) is 0 Å². The van der Waals surface area contributed by atoms with Gasteiger partial charge in [0.15, 0.2) is 6.61 Å². The van der Waals surface area contributed by atoms with E-state index in [1.54, 1.807) is 12.0 Å². The molecule has 31 heavy (non-hydrogen) atoms. The molecule has 1 aliphatic rings. The maximum atomic E-state index is 12.5. The molecule has 1 saturated heterocycles. The topological polar surface area (TPSA) is 132 Å². The molecule has 3 rings (SSSR count). The molecule has 0 unspecified atom stereocenters. The molecule has 11 heteroatoms. The number of amides is 1. The SMILES string of the molecule is COc1ccc(N2CCN(C(=O)COC(=O)c3c(C)oc(C)c3S(N)(=O)=O)CC2)cc1. The number of carbonyl (C=O) groups is 2. The third-order valence-electron chi connectivity index (χ3n) is 5.09. The lowest BCUT2D eigenvalue weighted by atomic mass is 10.2.